The molecule has 9 heteroatoms. The molecular formula is C28H27ClN4O3S. The molecule has 0 saturated carbocycles. The number of fused-ring (bicyclic) bond motifs is 1. The summed E-state index contributed by atoms with van der Waals surface area (Å²) in [7, 11) is 1.53. The maximum Gasteiger partial charge on any atom is 0.257 e. The Morgan fingerprint density at radius 3 is 2.62 bits per heavy atom. The lowest BCUT2D eigenvalue weighted by Gasteiger charge is -2.35. The highest BCUT2D eigenvalue weighted by molar-refractivity contribution is 7.93. The standard InChI is InChI=1S/C28H27ClN4O3S/c1-36-25-18-23(31-37(35)26-9-3-6-21-7-4-12-30-27(21)26)10-11-24(25)28(34)33-15-13-32(14-16-33)19-20-5-2-8-22(29)17-20/h2-12,17-18,31H,13-16,19H2,1H3. The molecule has 0 radical (unpaired) electrons. The molecule has 0 bridgehead atoms. The second kappa shape index (κ2) is 11.4. The number of methoxy groups -OCH3 is 1. The zero-order chi connectivity index (χ0) is 25.8. The highest BCUT2D eigenvalue weighted by Gasteiger charge is 2.25. The predicted molar refractivity (Wildman–Crippen MR) is 147 cm³/mol. The van der Waals surface area contributed by atoms with E-state index in [0.29, 0.717) is 40.5 Å². The second-order valence-corrected chi connectivity index (χ2v) is 10.4. The van der Waals surface area contributed by atoms with Crippen molar-refractivity contribution in [2.75, 3.05) is 38.0 Å². The molecule has 0 aliphatic carbocycles. The van der Waals surface area contributed by atoms with Crippen LogP contribution >= 0.6 is 11.6 Å². The van der Waals surface area contributed by atoms with Gasteiger partial charge in [0.2, 0.25) is 4.90 Å². The number of para-hydroxylation sites is 1. The number of pyridine rings is 1. The number of hydrogen-bond donors (Lipinski definition) is 1. The summed E-state index contributed by atoms with van der Waals surface area (Å²) < 4.78 is 21.7. The number of halogens is 1. The van der Waals surface area contributed by atoms with Gasteiger partial charge < -0.3 is 14.2 Å². The van der Waals surface area contributed by atoms with Crippen LogP contribution in [0.5, 0.6) is 5.75 Å². The zero-order valence-electron chi connectivity index (χ0n) is 20.4. The van der Waals surface area contributed by atoms with Gasteiger partial charge in [0.05, 0.1) is 18.4 Å². The smallest absolute Gasteiger partial charge is 0.257 e. The fraction of sp³-hybridized carbons (Fsp3) is 0.214. The SMILES string of the molecule is COc1cc(N[S+]([O-])c2cccc3cccnc23)ccc1C(=O)N1CCN(Cc2cccc(Cl)c2)CC1. The number of carbonyl (C=O) groups excluding carboxylic acids is 1. The number of aromatic nitrogens is 1. The Morgan fingerprint density at radius 2 is 1.84 bits per heavy atom. The Balaban J connectivity index is 1.24. The number of nitrogens with zero attached hydrogens (tertiary/aromatic N) is 3. The van der Waals surface area contributed by atoms with E-state index in [4.69, 9.17) is 16.3 Å². The average molecular weight is 535 g/mol. The van der Waals surface area contributed by atoms with Gasteiger partial charge >= 0.3 is 0 Å². The maximum absolute atomic E-state index is 13.3. The molecule has 0 spiro atoms. The number of anilines is 1. The first-order valence-corrected chi connectivity index (χ1v) is 13.5. The summed E-state index contributed by atoms with van der Waals surface area (Å²) in [5, 5.41) is 1.65. The lowest BCUT2D eigenvalue weighted by molar-refractivity contribution is 0.0625. The minimum Gasteiger partial charge on any atom is -0.588 e. The number of nitrogens with one attached hydrogen (secondary N) is 1. The summed E-state index contributed by atoms with van der Waals surface area (Å²) in [6.45, 7) is 3.60. The van der Waals surface area contributed by atoms with Crippen molar-refractivity contribution >= 4 is 45.5 Å². The summed E-state index contributed by atoms with van der Waals surface area (Å²) in [5.74, 6) is 0.356. The van der Waals surface area contributed by atoms with Gasteiger partial charge in [-0.2, -0.15) is 0 Å². The van der Waals surface area contributed by atoms with Crippen LogP contribution in [-0.4, -0.2) is 58.5 Å². The molecule has 4 aromatic rings. The normalized spacial score (nSPS) is 14.9. The van der Waals surface area contributed by atoms with Gasteiger partial charge in [0.25, 0.3) is 5.91 Å². The number of piperazine rings is 1. The highest BCUT2D eigenvalue weighted by Crippen LogP contribution is 2.28. The van der Waals surface area contributed by atoms with E-state index in [-0.39, 0.29) is 5.91 Å². The van der Waals surface area contributed by atoms with E-state index in [0.717, 1.165) is 35.6 Å². The van der Waals surface area contributed by atoms with Crippen LogP contribution in [0.3, 0.4) is 0 Å². The van der Waals surface area contributed by atoms with E-state index in [9.17, 15) is 9.35 Å². The van der Waals surface area contributed by atoms with Crippen LogP contribution in [0.25, 0.3) is 10.9 Å². The Morgan fingerprint density at radius 1 is 1.05 bits per heavy atom. The fourth-order valence-corrected chi connectivity index (χ4v) is 5.70. The Labute approximate surface area is 224 Å². The minimum atomic E-state index is -1.54. The molecule has 37 heavy (non-hydrogen) atoms. The molecule has 1 aliphatic heterocycles. The number of amides is 1. The average Bonchev–Trinajstić information content (AvgIpc) is 2.92. The topological polar surface area (TPSA) is 80.8 Å². The summed E-state index contributed by atoms with van der Waals surface area (Å²) in [5.41, 5.74) is 2.91. The van der Waals surface area contributed by atoms with Crippen LogP contribution in [0.1, 0.15) is 15.9 Å². The largest absolute Gasteiger partial charge is 0.588 e. The predicted octanol–water partition coefficient (Wildman–Crippen LogP) is 4.99. The molecule has 1 atom stereocenters. The van der Waals surface area contributed by atoms with Crippen molar-refractivity contribution in [3.63, 3.8) is 0 Å². The monoisotopic (exact) mass is 534 g/mol. The van der Waals surface area contributed by atoms with E-state index in [1.54, 1.807) is 30.5 Å². The van der Waals surface area contributed by atoms with Crippen molar-refractivity contribution in [3.05, 3.63) is 95.1 Å². The van der Waals surface area contributed by atoms with Gasteiger partial charge in [-0.25, -0.2) is 4.72 Å². The van der Waals surface area contributed by atoms with E-state index in [1.165, 1.54) is 7.11 Å². The molecule has 1 unspecified atom stereocenters. The van der Waals surface area contributed by atoms with Gasteiger partial charge in [0.15, 0.2) is 0 Å². The van der Waals surface area contributed by atoms with Gasteiger partial charge in [-0.05, 0) is 42.0 Å². The summed E-state index contributed by atoms with van der Waals surface area (Å²) in [6.07, 6.45) is 1.68. The van der Waals surface area contributed by atoms with Crippen molar-refractivity contribution in [2.45, 2.75) is 11.4 Å². The molecule has 1 saturated heterocycles. The van der Waals surface area contributed by atoms with Gasteiger partial charge in [-0.15, -0.1) is 0 Å². The number of hydrogen-bond acceptors (Lipinski definition) is 6. The Bertz CT molecular complexity index is 1410. The first kappa shape index (κ1) is 25.4. The van der Waals surface area contributed by atoms with E-state index < -0.39 is 11.4 Å². The molecule has 5 rings (SSSR count). The third-order valence-corrected chi connectivity index (χ3v) is 7.78. The zero-order valence-corrected chi connectivity index (χ0v) is 22.0. The van der Waals surface area contributed by atoms with E-state index in [1.807, 2.05) is 47.4 Å². The molecule has 1 fully saturated rings. The van der Waals surface area contributed by atoms with Crippen LogP contribution in [0.4, 0.5) is 5.69 Å². The molecule has 7 nitrogen and oxygen atoms in total. The lowest BCUT2D eigenvalue weighted by atomic mass is 10.1. The van der Waals surface area contributed by atoms with E-state index in [2.05, 4.69) is 20.7 Å². The minimum absolute atomic E-state index is 0.0785. The van der Waals surface area contributed by atoms with Gasteiger partial charge in [-0.3, -0.25) is 14.7 Å². The third-order valence-electron chi connectivity index (χ3n) is 6.39. The quantitative estimate of drug-likeness (QED) is 0.336. The summed E-state index contributed by atoms with van der Waals surface area (Å²) >= 11 is 4.57. The van der Waals surface area contributed by atoms with Crippen molar-refractivity contribution in [1.82, 2.24) is 14.8 Å². The van der Waals surface area contributed by atoms with Crippen molar-refractivity contribution in [2.24, 2.45) is 0 Å². The van der Waals surface area contributed by atoms with Crippen LogP contribution in [0, 0.1) is 0 Å². The summed E-state index contributed by atoms with van der Waals surface area (Å²) in [6, 6.07) is 22.4. The fourth-order valence-electron chi connectivity index (χ4n) is 4.49. The van der Waals surface area contributed by atoms with Crippen molar-refractivity contribution < 1.29 is 14.1 Å². The van der Waals surface area contributed by atoms with Gasteiger partial charge in [-0.1, -0.05) is 41.9 Å². The van der Waals surface area contributed by atoms with Gasteiger partial charge in [0.1, 0.15) is 22.6 Å². The van der Waals surface area contributed by atoms with Crippen LogP contribution in [-0.2, 0) is 17.9 Å². The molecule has 2 heterocycles. The van der Waals surface area contributed by atoms with Crippen LogP contribution < -0.4 is 9.46 Å². The van der Waals surface area contributed by atoms with Crippen LogP contribution in [0.15, 0.2) is 83.9 Å². The number of rotatable bonds is 7. The van der Waals surface area contributed by atoms with E-state index >= 15 is 0 Å². The number of benzene rings is 3. The lowest BCUT2D eigenvalue weighted by Crippen LogP contribution is -2.48. The molecule has 1 aromatic heterocycles. The molecule has 190 valence electrons. The maximum atomic E-state index is 13.3. The molecular weight excluding hydrogens is 508 g/mol. The number of ether oxygens (including phenoxy) is 1. The first-order valence-electron chi connectivity index (χ1n) is 12.0. The summed E-state index contributed by atoms with van der Waals surface area (Å²) in [4.78, 5) is 22.4. The molecule has 1 N–H and O–H groups in total. The molecule has 1 aliphatic rings. The molecule has 1 amide bonds. The van der Waals surface area contributed by atoms with Crippen molar-refractivity contribution in [3.8, 4) is 5.75 Å². The second-order valence-electron chi connectivity index (χ2n) is 8.82. The van der Waals surface area contributed by atoms with Crippen LogP contribution in [0.2, 0.25) is 5.02 Å². The Hall–Kier alpha value is -3.30. The Kier molecular flexibility index (Phi) is 7.81. The highest BCUT2D eigenvalue weighted by atomic mass is 35.5. The van der Waals surface area contributed by atoms with Crippen molar-refractivity contribution in [1.29, 1.82) is 0 Å². The third kappa shape index (κ3) is 5.83. The molecule has 3 aromatic carbocycles. The first-order chi connectivity index (χ1) is 18.0. The van der Waals surface area contributed by atoms with Gasteiger partial charge in [0, 0.05) is 55.4 Å². The number of carbonyl (C=O) groups is 1.